The van der Waals surface area contributed by atoms with Gasteiger partial charge in [-0.15, -0.1) is 11.3 Å². The van der Waals surface area contributed by atoms with E-state index in [2.05, 4.69) is 31.1 Å². The standard InChI is InChI=1S/C25H30N4O3S/c1-5-18-6-8-19(9-7-18)27-23(31)22-17(4)21-24(33-22)26-14-29(25(21)32)13-20(30)28-11-15(2)10-16(3)12-28/h6-9,14-16H,5,10-13H2,1-4H3,(H,27,31)/t15-,16-/m0/s1. The Morgan fingerprint density at radius 2 is 1.82 bits per heavy atom. The van der Waals surface area contributed by atoms with E-state index in [1.807, 2.05) is 29.2 Å². The second-order valence-corrected chi connectivity index (χ2v) is 10.2. The highest BCUT2D eigenvalue weighted by atomic mass is 32.1. The fourth-order valence-electron chi connectivity index (χ4n) is 4.61. The number of aryl methyl sites for hydroxylation is 2. The molecule has 2 aromatic heterocycles. The van der Waals surface area contributed by atoms with Gasteiger partial charge in [0.05, 0.1) is 16.6 Å². The number of amides is 2. The van der Waals surface area contributed by atoms with E-state index < -0.39 is 0 Å². The molecular formula is C25H30N4O3S. The highest BCUT2D eigenvalue weighted by molar-refractivity contribution is 7.20. The predicted octanol–water partition coefficient (Wildman–Crippen LogP) is 4.09. The third-order valence-corrected chi connectivity index (χ3v) is 7.47. The van der Waals surface area contributed by atoms with Gasteiger partial charge in [0, 0.05) is 18.8 Å². The number of fused-ring (bicyclic) bond motifs is 1. The van der Waals surface area contributed by atoms with Crippen molar-refractivity contribution in [1.82, 2.24) is 14.5 Å². The number of piperidine rings is 1. The first-order valence-electron chi connectivity index (χ1n) is 11.4. The minimum atomic E-state index is -0.286. The zero-order chi connectivity index (χ0) is 23.7. The van der Waals surface area contributed by atoms with Crippen LogP contribution in [-0.2, 0) is 17.8 Å². The molecule has 2 amide bonds. The minimum absolute atomic E-state index is 0.0399. The summed E-state index contributed by atoms with van der Waals surface area (Å²) in [4.78, 5) is 46.2. The van der Waals surface area contributed by atoms with Crippen LogP contribution in [0.3, 0.4) is 0 Å². The van der Waals surface area contributed by atoms with Gasteiger partial charge in [0.1, 0.15) is 11.4 Å². The van der Waals surface area contributed by atoms with Crippen molar-refractivity contribution in [2.45, 2.75) is 47.1 Å². The number of carbonyl (C=O) groups is 2. The second kappa shape index (κ2) is 9.47. The normalized spacial score (nSPS) is 18.5. The Morgan fingerprint density at radius 3 is 2.45 bits per heavy atom. The van der Waals surface area contributed by atoms with Gasteiger partial charge in [0.15, 0.2) is 0 Å². The molecule has 3 aromatic rings. The predicted molar refractivity (Wildman–Crippen MR) is 132 cm³/mol. The van der Waals surface area contributed by atoms with Crippen LogP contribution in [0.2, 0.25) is 0 Å². The lowest BCUT2D eigenvalue weighted by atomic mass is 9.92. The summed E-state index contributed by atoms with van der Waals surface area (Å²) in [6.07, 6.45) is 3.46. The fourth-order valence-corrected chi connectivity index (χ4v) is 5.65. The Kier molecular flexibility index (Phi) is 6.65. The highest BCUT2D eigenvalue weighted by Gasteiger charge is 2.26. The summed E-state index contributed by atoms with van der Waals surface area (Å²) in [7, 11) is 0. The van der Waals surface area contributed by atoms with Crippen LogP contribution < -0.4 is 10.9 Å². The summed E-state index contributed by atoms with van der Waals surface area (Å²) < 4.78 is 1.36. The molecule has 1 fully saturated rings. The molecule has 1 aliphatic heterocycles. The molecule has 4 rings (SSSR count). The molecular weight excluding hydrogens is 436 g/mol. The Morgan fingerprint density at radius 1 is 1.15 bits per heavy atom. The molecule has 174 valence electrons. The van der Waals surface area contributed by atoms with Crippen LogP contribution in [0, 0.1) is 18.8 Å². The zero-order valence-electron chi connectivity index (χ0n) is 19.6. The van der Waals surface area contributed by atoms with Crippen LogP contribution in [0.15, 0.2) is 35.4 Å². The number of hydrogen-bond acceptors (Lipinski definition) is 5. The molecule has 1 aliphatic rings. The molecule has 0 saturated carbocycles. The van der Waals surface area contributed by atoms with Crippen LogP contribution in [0.25, 0.3) is 10.2 Å². The zero-order valence-corrected chi connectivity index (χ0v) is 20.4. The summed E-state index contributed by atoms with van der Waals surface area (Å²) in [5, 5.41) is 3.31. The fraction of sp³-hybridized carbons (Fsp3) is 0.440. The van der Waals surface area contributed by atoms with Gasteiger partial charge in [-0.05, 0) is 54.9 Å². The summed E-state index contributed by atoms with van der Waals surface area (Å²) in [5.74, 6) is 0.567. The monoisotopic (exact) mass is 466 g/mol. The number of thiophene rings is 1. The van der Waals surface area contributed by atoms with E-state index >= 15 is 0 Å². The molecule has 0 aliphatic carbocycles. The van der Waals surface area contributed by atoms with Gasteiger partial charge in [0.25, 0.3) is 11.5 Å². The van der Waals surface area contributed by atoms with Crippen LogP contribution >= 0.6 is 11.3 Å². The molecule has 1 aromatic carbocycles. The lowest BCUT2D eigenvalue weighted by Gasteiger charge is -2.35. The first kappa shape index (κ1) is 23.2. The summed E-state index contributed by atoms with van der Waals surface area (Å²) in [5.41, 5.74) is 2.21. The number of rotatable bonds is 5. The Balaban J connectivity index is 1.56. The number of nitrogens with zero attached hydrogens (tertiary/aromatic N) is 3. The summed E-state index contributed by atoms with van der Waals surface area (Å²) in [6.45, 7) is 9.53. The number of benzene rings is 1. The molecule has 3 heterocycles. The van der Waals surface area contributed by atoms with Crippen LogP contribution in [-0.4, -0.2) is 39.4 Å². The van der Waals surface area contributed by atoms with E-state index in [1.54, 1.807) is 6.92 Å². The average Bonchev–Trinajstić information content (AvgIpc) is 3.12. The lowest BCUT2D eigenvalue weighted by molar-refractivity contribution is -0.134. The Hall–Kier alpha value is -3.00. The number of hydrogen-bond donors (Lipinski definition) is 1. The Bertz CT molecular complexity index is 1240. The molecule has 1 saturated heterocycles. The molecule has 7 nitrogen and oxygen atoms in total. The van der Waals surface area contributed by atoms with Crippen LogP contribution in [0.4, 0.5) is 5.69 Å². The minimum Gasteiger partial charge on any atom is -0.341 e. The smallest absolute Gasteiger partial charge is 0.266 e. The van der Waals surface area contributed by atoms with Gasteiger partial charge < -0.3 is 10.2 Å². The first-order valence-corrected chi connectivity index (χ1v) is 12.2. The van der Waals surface area contributed by atoms with E-state index in [1.165, 1.54) is 27.8 Å². The second-order valence-electron chi connectivity index (χ2n) is 9.16. The molecule has 0 radical (unpaired) electrons. The number of likely N-dealkylation sites (tertiary alicyclic amines) is 1. The number of nitrogens with one attached hydrogen (secondary N) is 1. The molecule has 1 N–H and O–H groups in total. The van der Waals surface area contributed by atoms with Gasteiger partial charge >= 0.3 is 0 Å². The van der Waals surface area contributed by atoms with Gasteiger partial charge in [-0.25, -0.2) is 4.98 Å². The van der Waals surface area contributed by atoms with Gasteiger partial charge in [-0.2, -0.15) is 0 Å². The summed E-state index contributed by atoms with van der Waals surface area (Å²) >= 11 is 1.20. The van der Waals surface area contributed by atoms with Crippen molar-refractivity contribution in [3.8, 4) is 0 Å². The van der Waals surface area contributed by atoms with Gasteiger partial charge in [-0.1, -0.05) is 32.9 Å². The van der Waals surface area contributed by atoms with Crippen LogP contribution in [0.5, 0.6) is 0 Å². The van der Waals surface area contributed by atoms with E-state index in [9.17, 15) is 14.4 Å². The van der Waals surface area contributed by atoms with Crippen molar-refractivity contribution in [3.63, 3.8) is 0 Å². The average molecular weight is 467 g/mol. The maximum atomic E-state index is 13.2. The molecule has 0 spiro atoms. The Labute approximate surface area is 197 Å². The molecule has 0 unspecified atom stereocenters. The van der Waals surface area contributed by atoms with Crippen molar-refractivity contribution in [2.24, 2.45) is 11.8 Å². The SMILES string of the molecule is CCc1ccc(NC(=O)c2sc3ncn(CC(=O)N4C[C@@H](C)C[C@H](C)C4)c(=O)c3c2C)cc1. The number of anilines is 1. The summed E-state index contributed by atoms with van der Waals surface area (Å²) in [6, 6.07) is 7.71. The van der Waals surface area contributed by atoms with E-state index in [-0.39, 0.29) is 23.9 Å². The molecule has 33 heavy (non-hydrogen) atoms. The third-order valence-electron chi connectivity index (χ3n) is 6.27. The van der Waals surface area contributed by atoms with Crippen molar-refractivity contribution < 1.29 is 9.59 Å². The van der Waals surface area contributed by atoms with Gasteiger partial charge in [-0.3, -0.25) is 19.0 Å². The van der Waals surface area contributed by atoms with E-state index in [0.717, 1.165) is 12.8 Å². The highest BCUT2D eigenvalue weighted by Crippen LogP contribution is 2.28. The maximum absolute atomic E-state index is 13.2. The number of aromatic nitrogens is 2. The van der Waals surface area contributed by atoms with Crippen molar-refractivity contribution in [2.75, 3.05) is 18.4 Å². The largest absolute Gasteiger partial charge is 0.341 e. The molecule has 2 atom stereocenters. The quantitative estimate of drug-likeness (QED) is 0.614. The van der Waals surface area contributed by atoms with Gasteiger partial charge in [0.2, 0.25) is 5.91 Å². The third kappa shape index (κ3) is 4.85. The van der Waals surface area contributed by atoms with Crippen molar-refractivity contribution in [1.29, 1.82) is 0 Å². The maximum Gasteiger partial charge on any atom is 0.266 e. The first-order chi connectivity index (χ1) is 15.8. The molecule has 0 bridgehead atoms. The van der Waals surface area contributed by atoms with Crippen LogP contribution in [0.1, 0.15) is 48.0 Å². The van der Waals surface area contributed by atoms with E-state index in [4.69, 9.17) is 0 Å². The van der Waals surface area contributed by atoms with Crippen molar-refractivity contribution >= 4 is 39.1 Å². The van der Waals surface area contributed by atoms with Crippen molar-refractivity contribution in [3.05, 3.63) is 57.0 Å². The molecule has 8 heteroatoms. The number of carbonyl (C=O) groups excluding carboxylic acids is 2. The lowest BCUT2D eigenvalue weighted by Crippen LogP contribution is -2.44. The van der Waals surface area contributed by atoms with E-state index in [0.29, 0.717) is 51.3 Å². The topological polar surface area (TPSA) is 84.3 Å².